The largest absolute Gasteiger partial charge is 0.497 e. The van der Waals surface area contributed by atoms with E-state index in [1.54, 1.807) is 78.3 Å². The van der Waals surface area contributed by atoms with Crippen molar-refractivity contribution in [3.63, 3.8) is 0 Å². The Morgan fingerprint density at radius 2 is 1.68 bits per heavy atom. The monoisotopic (exact) mass is 439 g/mol. The Morgan fingerprint density at radius 1 is 1.03 bits per heavy atom. The molecule has 0 unspecified atom stereocenters. The molecular weight excluding hydrogens is 418 g/mol. The van der Waals surface area contributed by atoms with Gasteiger partial charge in [0.05, 0.1) is 19.6 Å². The predicted octanol–water partition coefficient (Wildman–Crippen LogP) is 3.19. The van der Waals surface area contributed by atoms with Crippen molar-refractivity contribution in [3.05, 3.63) is 70.7 Å². The maximum atomic E-state index is 13.3. The van der Waals surface area contributed by atoms with Crippen LogP contribution in [0, 0.1) is 5.41 Å². The molecule has 0 aliphatic rings. The number of aromatic nitrogens is 4. The summed E-state index contributed by atoms with van der Waals surface area (Å²) in [6, 6.07) is 10.5. The first-order valence-corrected chi connectivity index (χ1v) is 9.41. The second-order valence-electron chi connectivity index (χ2n) is 6.65. The van der Waals surface area contributed by atoms with Crippen LogP contribution in [0.15, 0.2) is 59.8 Å². The van der Waals surface area contributed by atoms with E-state index in [1.165, 1.54) is 0 Å². The fourth-order valence-corrected chi connectivity index (χ4v) is 3.30. The Hall–Kier alpha value is -3.65. The van der Waals surface area contributed by atoms with Gasteiger partial charge >= 0.3 is 0 Å². The number of hydrogen-bond donors (Lipinski definition) is 1. The van der Waals surface area contributed by atoms with Gasteiger partial charge in [-0.2, -0.15) is 4.98 Å². The third kappa shape index (κ3) is 4.15. The predicted molar refractivity (Wildman–Crippen MR) is 120 cm³/mol. The second kappa shape index (κ2) is 9.01. The number of nitrogens with one attached hydrogen (secondary N) is 1. The molecule has 0 atom stereocenters. The lowest BCUT2D eigenvalue weighted by molar-refractivity contribution is 0.394. The molecule has 1 N–H and O–H groups in total. The molecule has 160 valence electrons. The zero-order chi connectivity index (χ0) is 21.3. The van der Waals surface area contributed by atoms with Crippen LogP contribution in [-0.4, -0.2) is 33.3 Å². The van der Waals surface area contributed by atoms with Crippen LogP contribution in [0.1, 0.15) is 6.92 Å². The zero-order valence-electron chi connectivity index (χ0n) is 17.3. The highest BCUT2D eigenvalue weighted by atomic mass is 35.5. The molecule has 0 spiro atoms. The van der Waals surface area contributed by atoms with E-state index in [2.05, 4.69) is 9.97 Å². The molecule has 8 nitrogen and oxygen atoms in total. The van der Waals surface area contributed by atoms with Gasteiger partial charge in [-0.1, -0.05) is 0 Å². The molecule has 3 heterocycles. The molecule has 0 saturated carbocycles. The minimum absolute atomic E-state index is 0. The third-order valence-electron chi connectivity index (χ3n) is 4.85. The summed E-state index contributed by atoms with van der Waals surface area (Å²) in [5.74, 6) is 1.64. The van der Waals surface area contributed by atoms with Crippen molar-refractivity contribution < 1.29 is 9.47 Å². The van der Waals surface area contributed by atoms with Crippen molar-refractivity contribution in [1.29, 1.82) is 5.41 Å². The number of benzene rings is 1. The summed E-state index contributed by atoms with van der Waals surface area (Å²) in [7, 11) is 3.15. The van der Waals surface area contributed by atoms with Gasteiger partial charge in [-0.3, -0.25) is 13.9 Å². The number of halogens is 1. The minimum atomic E-state index is -0.156. The molecule has 1 aromatic carbocycles. The summed E-state index contributed by atoms with van der Waals surface area (Å²) < 4.78 is 14.0. The maximum absolute atomic E-state index is 13.3. The molecule has 3 aromatic heterocycles. The van der Waals surface area contributed by atoms with Gasteiger partial charge in [-0.15, -0.1) is 12.4 Å². The van der Waals surface area contributed by atoms with Gasteiger partial charge in [0, 0.05) is 42.2 Å². The Labute approximate surface area is 184 Å². The summed E-state index contributed by atoms with van der Waals surface area (Å²) in [5, 5.41) is 8.77. The van der Waals surface area contributed by atoms with Crippen LogP contribution in [0.2, 0.25) is 0 Å². The average Bonchev–Trinajstić information content (AvgIpc) is 2.78. The van der Waals surface area contributed by atoms with Crippen LogP contribution in [0.25, 0.3) is 28.1 Å². The number of hydrogen-bond acceptors (Lipinski definition) is 6. The van der Waals surface area contributed by atoms with Crippen LogP contribution < -0.4 is 20.4 Å². The highest BCUT2D eigenvalue weighted by molar-refractivity contribution is 5.85. The number of aryl methyl sites for hydroxylation is 1. The van der Waals surface area contributed by atoms with Gasteiger partial charge in [-0.05, 0) is 42.8 Å². The summed E-state index contributed by atoms with van der Waals surface area (Å²) in [6.07, 6.45) is 5.13. The van der Waals surface area contributed by atoms with Crippen molar-refractivity contribution in [1.82, 2.24) is 19.1 Å². The summed E-state index contributed by atoms with van der Waals surface area (Å²) in [5.41, 5.74) is 1.61. The van der Waals surface area contributed by atoms with Crippen molar-refractivity contribution >= 4 is 23.4 Å². The molecule has 0 saturated heterocycles. The lowest BCUT2D eigenvalue weighted by atomic mass is 10.1. The number of fused-ring (bicyclic) bond motifs is 1. The molecule has 0 aliphatic carbocycles. The van der Waals surface area contributed by atoms with Crippen molar-refractivity contribution in [2.45, 2.75) is 13.5 Å². The average molecular weight is 440 g/mol. The van der Waals surface area contributed by atoms with E-state index in [-0.39, 0.29) is 18.0 Å². The van der Waals surface area contributed by atoms with E-state index in [0.29, 0.717) is 46.1 Å². The van der Waals surface area contributed by atoms with E-state index < -0.39 is 0 Å². The topological polar surface area (TPSA) is 95.0 Å². The summed E-state index contributed by atoms with van der Waals surface area (Å²) in [4.78, 5) is 22.3. The van der Waals surface area contributed by atoms with Crippen molar-refractivity contribution in [2.24, 2.45) is 0 Å². The van der Waals surface area contributed by atoms with Gasteiger partial charge in [0.15, 0.2) is 0 Å². The van der Waals surface area contributed by atoms with Crippen LogP contribution in [0.4, 0.5) is 0 Å². The molecule has 0 radical (unpaired) electrons. The fourth-order valence-electron chi connectivity index (χ4n) is 3.30. The summed E-state index contributed by atoms with van der Waals surface area (Å²) in [6.45, 7) is 2.36. The first-order chi connectivity index (χ1) is 14.5. The smallest absolute Gasteiger partial charge is 0.260 e. The normalized spacial score (nSPS) is 10.5. The molecule has 9 heteroatoms. The molecule has 0 fully saturated rings. The molecule has 31 heavy (non-hydrogen) atoms. The van der Waals surface area contributed by atoms with Gasteiger partial charge in [0.25, 0.3) is 5.56 Å². The van der Waals surface area contributed by atoms with E-state index in [0.717, 1.165) is 5.39 Å². The van der Waals surface area contributed by atoms with E-state index in [1.807, 2.05) is 6.92 Å². The van der Waals surface area contributed by atoms with Crippen LogP contribution >= 0.6 is 12.4 Å². The standard InChI is InChI=1S/C22H21N5O3.ClH/c1-4-27-20-15(13-24-22(25-20)26-7-5-16(23)6-8-26)11-19(21(27)28)14-9-17(29-2)12-18(10-14)30-3;/h5-13,23H,4H2,1-3H3;1H. The first-order valence-electron chi connectivity index (χ1n) is 9.41. The van der Waals surface area contributed by atoms with Crippen LogP contribution in [0.5, 0.6) is 11.5 Å². The Morgan fingerprint density at radius 3 is 2.26 bits per heavy atom. The third-order valence-corrected chi connectivity index (χ3v) is 4.85. The first kappa shape index (κ1) is 22.0. The lowest BCUT2D eigenvalue weighted by Crippen LogP contribution is -2.22. The number of pyridine rings is 2. The number of methoxy groups -OCH3 is 2. The van der Waals surface area contributed by atoms with Crippen LogP contribution in [0.3, 0.4) is 0 Å². The van der Waals surface area contributed by atoms with Crippen molar-refractivity contribution in [2.75, 3.05) is 14.2 Å². The quantitative estimate of drug-likeness (QED) is 0.515. The van der Waals surface area contributed by atoms with Crippen molar-refractivity contribution in [3.8, 4) is 28.6 Å². The van der Waals surface area contributed by atoms with Gasteiger partial charge in [0.2, 0.25) is 5.95 Å². The lowest BCUT2D eigenvalue weighted by Gasteiger charge is -2.13. The molecule has 0 aliphatic heterocycles. The van der Waals surface area contributed by atoms with Gasteiger partial charge in [0.1, 0.15) is 17.1 Å². The Balaban J connectivity index is 0.00000272. The van der Waals surface area contributed by atoms with E-state index >= 15 is 0 Å². The number of rotatable bonds is 5. The number of nitrogens with zero attached hydrogens (tertiary/aromatic N) is 4. The minimum Gasteiger partial charge on any atom is -0.497 e. The van der Waals surface area contributed by atoms with Gasteiger partial charge < -0.3 is 14.9 Å². The Kier molecular flexibility index (Phi) is 6.41. The van der Waals surface area contributed by atoms with Gasteiger partial charge in [-0.25, -0.2) is 4.98 Å². The summed E-state index contributed by atoms with van der Waals surface area (Å²) >= 11 is 0. The zero-order valence-corrected chi connectivity index (χ0v) is 18.1. The van der Waals surface area contributed by atoms with E-state index in [9.17, 15) is 4.79 Å². The molecule has 4 aromatic rings. The molecular formula is C22H22ClN5O3. The molecule has 4 rings (SSSR count). The fraction of sp³-hybridized carbons (Fsp3) is 0.182. The highest BCUT2D eigenvalue weighted by Gasteiger charge is 2.14. The molecule has 0 amide bonds. The maximum Gasteiger partial charge on any atom is 0.260 e. The Bertz CT molecular complexity index is 1320. The van der Waals surface area contributed by atoms with E-state index in [4.69, 9.17) is 14.9 Å². The van der Waals surface area contributed by atoms with Crippen LogP contribution in [-0.2, 0) is 6.54 Å². The number of ether oxygens (including phenoxy) is 2. The SMILES string of the molecule is CCn1c(=O)c(-c2cc(OC)cc(OC)c2)cc2cnc(-n3ccc(=N)cc3)nc21.Cl. The molecule has 0 bridgehead atoms. The second-order valence-corrected chi connectivity index (χ2v) is 6.65. The highest BCUT2D eigenvalue weighted by Crippen LogP contribution is 2.29.